The zero-order chi connectivity index (χ0) is 21.5. The van der Waals surface area contributed by atoms with Gasteiger partial charge in [0.25, 0.3) is 5.91 Å². The number of aliphatic hydroxyl groups is 1. The number of carbonyl (C=O) groups is 1. The van der Waals surface area contributed by atoms with Crippen LogP contribution in [0.5, 0.6) is 0 Å². The van der Waals surface area contributed by atoms with E-state index in [2.05, 4.69) is 12.1 Å². The molecule has 2 heterocycles. The van der Waals surface area contributed by atoms with Gasteiger partial charge in [-0.05, 0) is 69.1 Å². The summed E-state index contributed by atoms with van der Waals surface area (Å²) in [4.78, 5) is 25.3. The van der Waals surface area contributed by atoms with Crippen LogP contribution in [0.2, 0.25) is 0 Å². The van der Waals surface area contributed by atoms with E-state index >= 15 is 0 Å². The first-order valence-electron chi connectivity index (χ1n) is 11.2. The van der Waals surface area contributed by atoms with Crippen LogP contribution in [0.15, 0.2) is 17.9 Å². The topological polar surface area (TPSA) is 62.2 Å². The number of nitrogens with zero attached hydrogens (tertiary/aromatic N) is 2. The molecule has 0 radical (unpaired) electrons. The van der Waals surface area contributed by atoms with Gasteiger partial charge in [0.2, 0.25) is 0 Å². The number of aryl methyl sites for hydroxylation is 3. The summed E-state index contributed by atoms with van der Waals surface area (Å²) in [5, 5.41) is 14.9. The monoisotopic (exact) mass is 414 g/mol. The molecule has 2 aliphatic heterocycles. The standard InChI is InChI=1S/C24H34N2O4/c1-16-13-17(2)20(18(3)14-16)21-22(27)24(9-11-25(29-4)12-10-24)26(23(21)28)30-15-19-7-5-6-8-19/h13-14,19,27H,5-12,15H2,1-4H3. The Morgan fingerprint density at radius 2 is 1.70 bits per heavy atom. The molecule has 3 aliphatic rings. The van der Waals surface area contributed by atoms with Crippen LogP contribution in [-0.4, -0.2) is 53.5 Å². The van der Waals surface area contributed by atoms with Crippen LogP contribution >= 0.6 is 0 Å². The lowest BCUT2D eigenvalue weighted by molar-refractivity contribution is -0.236. The highest BCUT2D eigenvalue weighted by molar-refractivity contribution is 6.23. The van der Waals surface area contributed by atoms with Crippen LogP contribution < -0.4 is 0 Å². The Morgan fingerprint density at radius 3 is 2.27 bits per heavy atom. The molecule has 1 N–H and O–H groups in total. The van der Waals surface area contributed by atoms with Gasteiger partial charge in [-0.15, -0.1) is 0 Å². The van der Waals surface area contributed by atoms with Crippen molar-refractivity contribution < 1.29 is 19.6 Å². The summed E-state index contributed by atoms with van der Waals surface area (Å²) in [5.74, 6) is 0.430. The van der Waals surface area contributed by atoms with Crippen molar-refractivity contribution in [2.75, 3.05) is 26.8 Å². The van der Waals surface area contributed by atoms with Gasteiger partial charge >= 0.3 is 0 Å². The van der Waals surface area contributed by atoms with Crippen LogP contribution in [0, 0.1) is 26.7 Å². The van der Waals surface area contributed by atoms with Crippen molar-refractivity contribution >= 4 is 11.5 Å². The van der Waals surface area contributed by atoms with E-state index in [1.807, 2.05) is 25.8 Å². The number of aliphatic hydroxyl groups excluding tert-OH is 1. The second-order valence-electron chi connectivity index (χ2n) is 9.19. The number of rotatable bonds is 5. The largest absolute Gasteiger partial charge is 0.509 e. The summed E-state index contributed by atoms with van der Waals surface area (Å²) < 4.78 is 0. The first-order chi connectivity index (χ1) is 14.4. The number of hydrogen-bond acceptors (Lipinski definition) is 5. The molecular weight excluding hydrogens is 380 g/mol. The third-order valence-electron chi connectivity index (χ3n) is 7.11. The van der Waals surface area contributed by atoms with Crippen LogP contribution in [0.1, 0.15) is 60.8 Å². The minimum atomic E-state index is -0.816. The molecule has 1 saturated heterocycles. The number of carbonyl (C=O) groups excluding carboxylic acids is 1. The minimum absolute atomic E-state index is 0.157. The van der Waals surface area contributed by atoms with E-state index < -0.39 is 5.54 Å². The quantitative estimate of drug-likeness (QED) is 0.781. The van der Waals surface area contributed by atoms with E-state index in [1.165, 1.54) is 17.9 Å². The SMILES string of the molecule is CON1CCC2(CC1)C(O)=C(c1c(C)cc(C)cc1C)C(=O)N2OCC1CCCC1. The van der Waals surface area contributed by atoms with Gasteiger partial charge in [-0.2, -0.15) is 5.06 Å². The Bertz CT molecular complexity index is 826. The van der Waals surface area contributed by atoms with Crippen molar-refractivity contribution in [1.82, 2.24) is 10.1 Å². The lowest BCUT2D eigenvalue weighted by Gasteiger charge is -2.43. The van der Waals surface area contributed by atoms with Gasteiger partial charge < -0.3 is 9.94 Å². The lowest BCUT2D eigenvalue weighted by atomic mass is 9.85. The molecular formula is C24H34N2O4. The van der Waals surface area contributed by atoms with Crippen molar-refractivity contribution in [3.8, 4) is 0 Å². The third kappa shape index (κ3) is 3.55. The maximum absolute atomic E-state index is 13.7. The zero-order valence-electron chi connectivity index (χ0n) is 18.7. The van der Waals surface area contributed by atoms with E-state index in [9.17, 15) is 9.90 Å². The number of amides is 1. The van der Waals surface area contributed by atoms with Crippen molar-refractivity contribution in [2.24, 2.45) is 5.92 Å². The van der Waals surface area contributed by atoms with Gasteiger partial charge in [-0.25, -0.2) is 5.06 Å². The molecule has 1 saturated carbocycles. The van der Waals surface area contributed by atoms with E-state index in [0.717, 1.165) is 35.1 Å². The van der Waals surface area contributed by atoms with Gasteiger partial charge in [0.15, 0.2) is 0 Å². The van der Waals surface area contributed by atoms with Crippen molar-refractivity contribution in [3.05, 3.63) is 40.1 Å². The molecule has 1 aromatic carbocycles. The first kappa shape index (κ1) is 21.3. The minimum Gasteiger partial charge on any atom is -0.509 e. The predicted molar refractivity (Wildman–Crippen MR) is 116 cm³/mol. The van der Waals surface area contributed by atoms with Gasteiger partial charge in [0.05, 0.1) is 19.3 Å². The molecule has 30 heavy (non-hydrogen) atoms. The van der Waals surface area contributed by atoms with E-state index in [1.54, 1.807) is 7.11 Å². The molecule has 0 atom stereocenters. The molecule has 2 fully saturated rings. The third-order valence-corrected chi connectivity index (χ3v) is 7.11. The summed E-state index contributed by atoms with van der Waals surface area (Å²) in [6.07, 6.45) is 5.91. The van der Waals surface area contributed by atoms with Crippen molar-refractivity contribution in [1.29, 1.82) is 0 Å². The molecule has 6 nitrogen and oxygen atoms in total. The highest BCUT2D eigenvalue weighted by Crippen LogP contribution is 2.46. The van der Waals surface area contributed by atoms with E-state index in [-0.39, 0.29) is 11.7 Å². The Hall–Kier alpha value is -1.89. The molecule has 4 rings (SSSR count). The molecule has 164 valence electrons. The Balaban J connectivity index is 1.72. The number of benzene rings is 1. The van der Waals surface area contributed by atoms with Crippen LogP contribution in [0.4, 0.5) is 0 Å². The number of piperidine rings is 1. The maximum Gasteiger partial charge on any atom is 0.282 e. The molecule has 6 heteroatoms. The normalized spacial score (nSPS) is 22.7. The molecule has 1 amide bonds. The van der Waals surface area contributed by atoms with Crippen molar-refractivity contribution in [3.63, 3.8) is 0 Å². The zero-order valence-corrected chi connectivity index (χ0v) is 18.7. The maximum atomic E-state index is 13.7. The van der Waals surface area contributed by atoms with Crippen LogP contribution in [-0.2, 0) is 14.5 Å². The second kappa shape index (κ2) is 8.33. The fraction of sp³-hybridized carbons (Fsp3) is 0.625. The molecule has 0 aromatic heterocycles. The Labute approximate surface area is 179 Å². The molecule has 1 aromatic rings. The number of hydrogen-bond donors (Lipinski definition) is 1. The van der Waals surface area contributed by atoms with Gasteiger partial charge in [0.1, 0.15) is 11.3 Å². The molecule has 1 aliphatic carbocycles. The van der Waals surface area contributed by atoms with Crippen LogP contribution in [0.3, 0.4) is 0 Å². The molecule has 0 unspecified atom stereocenters. The van der Waals surface area contributed by atoms with E-state index in [0.29, 0.717) is 44.0 Å². The second-order valence-corrected chi connectivity index (χ2v) is 9.19. The summed E-state index contributed by atoms with van der Waals surface area (Å²) in [6, 6.07) is 4.14. The fourth-order valence-electron chi connectivity index (χ4n) is 5.54. The van der Waals surface area contributed by atoms with Crippen LogP contribution in [0.25, 0.3) is 5.57 Å². The van der Waals surface area contributed by atoms with Gasteiger partial charge in [0, 0.05) is 13.1 Å². The number of hydroxylamine groups is 4. The average molecular weight is 415 g/mol. The molecule has 0 bridgehead atoms. The fourth-order valence-corrected chi connectivity index (χ4v) is 5.54. The summed E-state index contributed by atoms with van der Waals surface area (Å²) in [5.41, 5.74) is 3.58. The summed E-state index contributed by atoms with van der Waals surface area (Å²) in [7, 11) is 1.66. The van der Waals surface area contributed by atoms with Gasteiger partial charge in [-0.3, -0.25) is 9.63 Å². The van der Waals surface area contributed by atoms with Crippen molar-refractivity contribution in [2.45, 2.75) is 64.8 Å². The van der Waals surface area contributed by atoms with Gasteiger partial charge in [-0.1, -0.05) is 30.5 Å². The average Bonchev–Trinajstić information content (AvgIpc) is 3.29. The lowest BCUT2D eigenvalue weighted by Crippen LogP contribution is -2.55. The Kier molecular flexibility index (Phi) is 5.93. The smallest absolute Gasteiger partial charge is 0.282 e. The highest BCUT2D eigenvalue weighted by atomic mass is 16.7. The summed E-state index contributed by atoms with van der Waals surface area (Å²) in [6.45, 7) is 7.87. The Morgan fingerprint density at radius 1 is 1.10 bits per heavy atom. The first-order valence-corrected chi connectivity index (χ1v) is 11.2. The molecule has 1 spiro atoms. The highest BCUT2D eigenvalue weighted by Gasteiger charge is 2.55. The predicted octanol–water partition coefficient (Wildman–Crippen LogP) is 4.24. The summed E-state index contributed by atoms with van der Waals surface area (Å²) >= 11 is 0. The van der Waals surface area contributed by atoms with E-state index in [4.69, 9.17) is 9.68 Å².